The highest BCUT2D eigenvalue weighted by Gasteiger charge is 2.15. The minimum Gasteiger partial charge on any atom is -0.484 e. The fraction of sp³-hybridized carbons (Fsp3) is 0.0588. The summed E-state index contributed by atoms with van der Waals surface area (Å²) in [6.07, 6.45) is 0. The molecule has 0 fully saturated rings. The molecule has 126 valence electrons. The number of benzene rings is 2. The van der Waals surface area contributed by atoms with Gasteiger partial charge in [0.25, 0.3) is 11.6 Å². The Balaban J connectivity index is 1.68. The second-order valence-electron chi connectivity index (χ2n) is 5.07. The Bertz CT molecular complexity index is 1010. The molecule has 3 rings (SSSR count). The molecule has 1 heterocycles. The molecule has 25 heavy (non-hydrogen) atoms. The third-order valence-corrected chi connectivity index (χ3v) is 3.34. The number of nitro groups is 1. The van der Waals surface area contributed by atoms with Crippen LogP contribution in [0, 0.1) is 10.1 Å². The number of nitro benzene ring substituents is 1. The number of carbonyl (C=O) groups is 1. The largest absolute Gasteiger partial charge is 0.484 e. The highest BCUT2D eigenvalue weighted by molar-refractivity contribution is 5.94. The minimum atomic E-state index is -0.582. The first-order valence-corrected chi connectivity index (χ1v) is 7.23. The van der Waals surface area contributed by atoms with Gasteiger partial charge in [0.15, 0.2) is 6.61 Å². The van der Waals surface area contributed by atoms with Crippen LogP contribution >= 0.6 is 0 Å². The van der Waals surface area contributed by atoms with Crippen LogP contribution in [-0.2, 0) is 4.79 Å². The zero-order chi connectivity index (χ0) is 17.8. The van der Waals surface area contributed by atoms with E-state index in [9.17, 15) is 19.7 Å². The van der Waals surface area contributed by atoms with Gasteiger partial charge in [0.05, 0.1) is 4.92 Å². The highest BCUT2D eigenvalue weighted by atomic mass is 16.6. The van der Waals surface area contributed by atoms with Crippen LogP contribution in [0.1, 0.15) is 0 Å². The molecule has 0 atom stereocenters. The number of fused-ring (bicyclic) bond motifs is 1. The van der Waals surface area contributed by atoms with E-state index < -0.39 is 16.5 Å². The molecule has 1 amide bonds. The van der Waals surface area contributed by atoms with Crippen LogP contribution in [0.25, 0.3) is 11.0 Å². The third-order valence-electron chi connectivity index (χ3n) is 3.34. The van der Waals surface area contributed by atoms with Crippen LogP contribution in [-0.4, -0.2) is 17.4 Å². The Labute approximate surface area is 140 Å². The summed E-state index contributed by atoms with van der Waals surface area (Å²) < 4.78 is 10.4. The molecular weight excluding hydrogens is 328 g/mol. The SMILES string of the molecule is O=C(COc1ccc2ccc(=O)oc2c1)Nc1ccccc1[N+](=O)[O-]. The Morgan fingerprint density at radius 3 is 2.72 bits per heavy atom. The number of nitrogens with one attached hydrogen (secondary N) is 1. The summed E-state index contributed by atoms with van der Waals surface area (Å²) in [5, 5.41) is 14.1. The molecule has 3 aromatic rings. The van der Waals surface area contributed by atoms with Crippen molar-refractivity contribution in [2.24, 2.45) is 0 Å². The van der Waals surface area contributed by atoms with E-state index in [2.05, 4.69) is 5.32 Å². The van der Waals surface area contributed by atoms with Crippen LogP contribution < -0.4 is 15.7 Å². The first-order valence-electron chi connectivity index (χ1n) is 7.23. The van der Waals surface area contributed by atoms with E-state index in [1.165, 1.54) is 30.3 Å². The first-order chi connectivity index (χ1) is 12.0. The van der Waals surface area contributed by atoms with Crippen molar-refractivity contribution >= 4 is 28.3 Å². The first kappa shape index (κ1) is 16.2. The summed E-state index contributed by atoms with van der Waals surface area (Å²) >= 11 is 0. The summed E-state index contributed by atoms with van der Waals surface area (Å²) in [6, 6.07) is 13.5. The van der Waals surface area contributed by atoms with Crippen molar-refractivity contribution in [1.82, 2.24) is 0 Å². The van der Waals surface area contributed by atoms with Crippen LogP contribution in [0.15, 0.2) is 63.8 Å². The molecule has 2 aromatic carbocycles. The second kappa shape index (κ2) is 6.83. The highest BCUT2D eigenvalue weighted by Crippen LogP contribution is 2.23. The monoisotopic (exact) mass is 340 g/mol. The molecule has 8 heteroatoms. The quantitative estimate of drug-likeness (QED) is 0.434. The standard InChI is InChI=1S/C17H12N2O6/c20-16(18-13-3-1-2-4-14(13)19(22)23)10-24-12-7-5-11-6-8-17(21)25-15(11)9-12/h1-9H,10H2,(H,18,20). The van der Waals surface area contributed by atoms with E-state index >= 15 is 0 Å². The van der Waals surface area contributed by atoms with Gasteiger partial charge in [-0.15, -0.1) is 0 Å². The predicted octanol–water partition coefficient (Wildman–Crippen LogP) is 2.72. The fourth-order valence-corrected chi connectivity index (χ4v) is 2.20. The van der Waals surface area contributed by atoms with E-state index in [1.54, 1.807) is 24.3 Å². The van der Waals surface area contributed by atoms with Gasteiger partial charge >= 0.3 is 5.63 Å². The van der Waals surface area contributed by atoms with Crippen molar-refractivity contribution in [3.05, 3.63) is 75.1 Å². The maximum absolute atomic E-state index is 11.9. The van der Waals surface area contributed by atoms with E-state index in [1.807, 2.05) is 0 Å². The predicted molar refractivity (Wildman–Crippen MR) is 89.7 cm³/mol. The number of carbonyl (C=O) groups excluding carboxylic acids is 1. The maximum Gasteiger partial charge on any atom is 0.336 e. The van der Waals surface area contributed by atoms with Gasteiger partial charge in [-0.3, -0.25) is 14.9 Å². The lowest BCUT2D eigenvalue weighted by Crippen LogP contribution is -2.20. The number of amides is 1. The number of para-hydroxylation sites is 2. The number of hydrogen-bond acceptors (Lipinski definition) is 6. The number of hydrogen-bond donors (Lipinski definition) is 1. The van der Waals surface area contributed by atoms with E-state index in [0.717, 1.165) is 5.39 Å². The van der Waals surface area contributed by atoms with Crippen molar-refractivity contribution in [2.45, 2.75) is 0 Å². The lowest BCUT2D eigenvalue weighted by molar-refractivity contribution is -0.383. The zero-order valence-corrected chi connectivity index (χ0v) is 12.8. The summed E-state index contributed by atoms with van der Waals surface area (Å²) in [6.45, 7) is -0.353. The Morgan fingerprint density at radius 1 is 1.16 bits per heavy atom. The zero-order valence-electron chi connectivity index (χ0n) is 12.8. The molecule has 0 spiro atoms. The van der Waals surface area contributed by atoms with Crippen molar-refractivity contribution in [3.63, 3.8) is 0 Å². The smallest absolute Gasteiger partial charge is 0.336 e. The molecule has 1 N–H and O–H groups in total. The van der Waals surface area contributed by atoms with Gasteiger partial charge in [0, 0.05) is 23.6 Å². The Hall–Kier alpha value is -3.68. The van der Waals surface area contributed by atoms with Gasteiger partial charge in [-0.2, -0.15) is 0 Å². The lowest BCUT2D eigenvalue weighted by atomic mass is 10.2. The minimum absolute atomic E-state index is 0.0885. The normalized spacial score (nSPS) is 10.4. The van der Waals surface area contributed by atoms with Crippen LogP contribution in [0.5, 0.6) is 5.75 Å². The van der Waals surface area contributed by atoms with Crippen LogP contribution in [0.4, 0.5) is 11.4 Å². The maximum atomic E-state index is 11.9. The van der Waals surface area contributed by atoms with Gasteiger partial charge in [0.2, 0.25) is 0 Å². The number of nitrogens with zero attached hydrogens (tertiary/aromatic N) is 1. The lowest BCUT2D eigenvalue weighted by Gasteiger charge is -2.08. The molecule has 8 nitrogen and oxygen atoms in total. The summed E-state index contributed by atoms with van der Waals surface area (Å²) in [7, 11) is 0. The number of rotatable bonds is 5. The molecule has 0 aliphatic rings. The van der Waals surface area contributed by atoms with Crippen molar-refractivity contribution in [1.29, 1.82) is 0 Å². The molecule has 0 aliphatic carbocycles. The van der Waals surface area contributed by atoms with Crippen molar-refractivity contribution < 1.29 is 18.9 Å². The summed E-state index contributed by atoms with van der Waals surface area (Å²) in [5.41, 5.74) is -0.267. The average molecular weight is 340 g/mol. The Kier molecular flexibility index (Phi) is 4.42. The van der Waals surface area contributed by atoms with E-state index in [0.29, 0.717) is 11.3 Å². The van der Waals surface area contributed by atoms with Crippen LogP contribution in [0.3, 0.4) is 0 Å². The van der Waals surface area contributed by atoms with Gasteiger partial charge in [-0.05, 0) is 24.3 Å². The van der Waals surface area contributed by atoms with Crippen molar-refractivity contribution in [2.75, 3.05) is 11.9 Å². The summed E-state index contributed by atoms with van der Waals surface area (Å²) in [4.78, 5) is 33.5. The molecule has 0 saturated heterocycles. The average Bonchev–Trinajstić information content (AvgIpc) is 2.60. The fourth-order valence-electron chi connectivity index (χ4n) is 2.20. The molecule has 0 aliphatic heterocycles. The number of anilines is 1. The Morgan fingerprint density at radius 2 is 1.92 bits per heavy atom. The molecular formula is C17H12N2O6. The van der Waals surface area contributed by atoms with Gasteiger partial charge < -0.3 is 14.5 Å². The van der Waals surface area contributed by atoms with Gasteiger partial charge in [0.1, 0.15) is 17.0 Å². The molecule has 0 bridgehead atoms. The van der Waals surface area contributed by atoms with E-state index in [4.69, 9.17) is 9.15 Å². The number of ether oxygens (including phenoxy) is 1. The molecule has 0 saturated carbocycles. The summed E-state index contributed by atoms with van der Waals surface area (Å²) in [5.74, 6) is -0.219. The second-order valence-corrected chi connectivity index (χ2v) is 5.07. The van der Waals surface area contributed by atoms with E-state index in [-0.39, 0.29) is 18.0 Å². The van der Waals surface area contributed by atoms with Crippen LogP contribution in [0.2, 0.25) is 0 Å². The molecule has 0 radical (unpaired) electrons. The molecule has 0 unspecified atom stereocenters. The van der Waals surface area contributed by atoms with Gasteiger partial charge in [-0.1, -0.05) is 12.1 Å². The van der Waals surface area contributed by atoms with Gasteiger partial charge in [-0.25, -0.2) is 4.79 Å². The van der Waals surface area contributed by atoms with Crippen molar-refractivity contribution in [3.8, 4) is 5.75 Å². The topological polar surface area (TPSA) is 112 Å². The third kappa shape index (κ3) is 3.81. The molecule has 1 aromatic heterocycles.